The molecule has 0 unspecified atom stereocenters. The average molecular weight is 360 g/mol. The van der Waals surface area contributed by atoms with Gasteiger partial charge in [0.2, 0.25) is 10.0 Å². The highest BCUT2D eigenvalue weighted by Gasteiger charge is 2.19. The van der Waals surface area contributed by atoms with E-state index in [1.807, 2.05) is 31.2 Å². The molecule has 6 heteroatoms. The highest BCUT2D eigenvalue weighted by atomic mass is 32.2. The van der Waals surface area contributed by atoms with Gasteiger partial charge < -0.3 is 5.32 Å². The van der Waals surface area contributed by atoms with Crippen molar-refractivity contribution in [2.24, 2.45) is 0 Å². The Balaban J connectivity index is 2.17. The number of nitrogens with zero attached hydrogens (tertiary/aromatic N) is 1. The van der Waals surface area contributed by atoms with Gasteiger partial charge in [-0.1, -0.05) is 37.3 Å². The molecular weight excluding hydrogens is 336 g/mol. The van der Waals surface area contributed by atoms with Crippen molar-refractivity contribution in [2.45, 2.75) is 31.2 Å². The van der Waals surface area contributed by atoms with Crippen LogP contribution in [0.25, 0.3) is 0 Å². The highest BCUT2D eigenvalue weighted by molar-refractivity contribution is 7.89. The summed E-state index contributed by atoms with van der Waals surface area (Å²) < 4.78 is 25.5. The van der Waals surface area contributed by atoms with Gasteiger partial charge in [-0.15, -0.1) is 0 Å². The molecule has 1 amide bonds. The molecule has 1 atom stereocenters. The standard InChI is InChI=1S/C19H24N2O3S/c1-5-15-9-11-16(12-10-15)14(2)20-19(22)17-7-6-8-18(13-17)25(23,24)21(3)4/h6-14H,5H2,1-4H3,(H,20,22)/t14-/m0/s1. The SMILES string of the molecule is CCc1ccc([C@H](C)NC(=O)c2cccc(S(=O)(=O)N(C)C)c2)cc1. The van der Waals surface area contributed by atoms with E-state index >= 15 is 0 Å². The molecule has 0 radical (unpaired) electrons. The molecule has 134 valence electrons. The van der Waals surface area contributed by atoms with Crippen molar-refractivity contribution in [3.05, 3.63) is 65.2 Å². The molecule has 25 heavy (non-hydrogen) atoms. The molecule has 2 aromatic rings. The van der Waals surface area contributed by atoms with Crippen LogP contribution in [0.4, 0.5) is 0 Å². The van der Waals surface area contributed by atoms with Crippen molar-refractivity contribution < 1.29 is 13.2 Å². The highest BCUT2D eigenvalue weighted by Crippen LogP contribution is 2.17. The van der Waals surface area contributed by atoms with Crippen LogP contribution in [0.1, 0.15) is 41.4 Å². The van der Waals surface area contributed by atoms with Gasteiger partial charge in [-0.25, -0.2) is 12.7 Å². The van der Waals surface area contributed by atoms with E-state index in [-0.39, 0.29) is 16.8 Å². The van der Waals surface area contributed by atoms with Gasteiger partial charge in [-0.3, -0.25) is 4.79 Å². The second-order valence-corrected chi connectivity index (χ2v) is 8.26. The first kappa shape index (κ1) is 19.1. The first-order chi connectivity index (χ1) is 11.8. The molecule has 0 aromatic heterocycles. The zero-order chi connectivity index (χ0) is 18.6. The maximum absolute atomic E-state index is 12.5. The first-order valence-electron chi connectivity index (χ1n) is 8.18. The first-order valence-corrected chi connectivity index (χ1v) is 9.62. The van der Waals surface area contributed by atoms with Crippen LogP contribution in [0.5, 0.6) is 0 Å². The third kappa shape index (κ3) is 4.46. The van der Waals surface area contributed by atoms with Crippen molar-refractivity contribution in [2.75, 3.05) is 14.1 Å². The minimum Gasteiger partial charge on any atom is -0.346 e. The molecule has 0 spiro atoms. The summed E-state index contributed by atoms with van der Waals surface area (Å²) >= 11 is 0. The predicted octanol–water partition coefficient (Wildman–Crippen LogP) is 2.99. The van der Waals surface area contributed by atoms with Gasteiger partial charge >= 0.3 is 0 Å². The maximum atomic E-state index is 12.5. The fourth-order valence-corrected chi connectivity index (χ4v) is 3.36. The molecular formula is C19H24N2O3S. The van der Waals surface area contributed by atoms with Crippen LogP contribution in [0, 0.1) is 0 Å². The number of hydrogen-bond donors (Lipinski definition) is 1. The molecule has 5 nitrogen and oxygen atoms in total. The Morgan fingerprint density at radius 1 is 1.12 bits per heavy atom. The van der Waals surface area contributed by atoms with Crippen LogP contribution in [0.15, 0.2) is 53.4 Å². The summed E-state index contributed by atoms with van der Waals surface area (Å²) in [4.78, 5) is 12.6. The molecule has 0 aliphatic carbocycles. The Morgan fingerprint density at radius 3 is 2.32 bits per heavy atom. The van der Waals surface area contributed by atoms with Crippen molar-refractivity contribution in [3.63, 3.8) is 0 Å². The zero-order valence-electron chi connectivity index (χ0n) is 15.0. The van der Waals surface area contributed by atoms with E-state index in [1.165, 1.54) is 31.8 Å². The number of rotatable bonds is 6. The lowest BCUT2D eigenvalue weighted by atomic mass is 10.0. The van der Waals surface area contributed by atoms with Crippen molar-refractivity contribution in [1.29, 1.82) is 0 Å². The molecule has 0 aliphatic rings. The third-order valence-corrected chi connectivity index (χ3v) is 5.92. The Bertz CT molecular complexity index is 843. The van der Waals surface area contributed by atoms with Gasteiger partial charge in [-0.2, -0.15) is 0 Å². The van der Waals surface area contributed by atoms with E-state index in [4.69, 9.17) is 0 Å². The summed E-state index contributed by atoms with van der Waals surface area (Å²) in [6.07, 6.45) is 0.966. The normalized spacial score (nSPS) is 12.8. The third-order valence-electron chi connectivity index (χ3n) is 4.11. The molecule has 0 bridgehead atoms. The molecule has 0 aliphatic heterocycles. The van der Waals surface area contributed by atoms with Gasteiger partial charge in [0.25, 0.3) is 5.91 Å². The molecule has 2 rings (SSSR count). The monoisotopic (exact) mass is 360 g/mol. The summed E-state index contributed by atoms with van der Waals surface area (Å²) in [6, 6.07) is 14.0. The van der Waals surface area contributed by atoms with Crippen molar-refractivity contribution >= 4 is 15.9 Å². The molecule has 0 saturated carbocycles. The lowest BCUT2D eigenvalue weighted by molar-refractivity contribution is 0.0939. The number of carbonyl (C=O) groups excluding carboxylic acids is 1. The summed E-state index contributed by atoms with van der Waals surface area (Å²) in [6.45, 7) is 3.99. The predicted molar refractivity (Wildman–Crippen MR) is 99.0 cm³/mol. The van der Waals surface area contributed by atoms with Gasteiger partial charge in [0, 0.05) is 19.7 Å². The van der Waals surface area contributed by atoms with Crippen molar-refractivity contribution in [1.82, 2.24) is 9.62 Å². The fourth-order valence-electron chi connectivity index (χ4n) is 2.41. The average Bonchev–Trinajstić information content (AvgIpc) is 2.61. The maximum Gasteiger partial charge on any atom is 0.251 e. The summed E-state index contributed by atoms with van der Waals surface area (Å²) in [5.41, 5.74) is 2.56. The topological polar surface area (TPSA) is 66.5 Å². The number of carbonyl (C=O) groups is 1. The molecule has 0 heterocycles. The van der Waals surface area contributed by atoms with E-state index < -0.39 is 10.0 Å². The van der Waals surface area contributed by atoms with Crippen molar-refractivity contribution in [3.8, 4) is 0 Å². The summed E-state index contributed by atoms with van der Waals surface area (Å²) in [5, 5.41) is 2.91. The second-order valence-electron chi connectivity index (χ2n) is 6.11. The fraction of sp³-hybridized carbons (Fsp3) is 0.316. The van der Waals surface area contributed by atoms with Crippen LogP contribution in [0.2, 0.25) is 0 Å². The zero-order valence-corrected chi connectivity index (χ0v) is 15.8. The quantitative estimate of drug-likeness (QED) is 0.861. The number of nitrogens with one attached hydrogen (secondary N) is 1. The lowest BCUT2D eigenvalue weighted by Crippen LogP contribution is -2.27. The van der Waals surface area contributed by atoms with Gasteiger partial charge in [0.05, 0.1) is 10.9 Å². The molecule has 0 saturated heterocycles. The van der Waals surface area contributed by atoms with Crippen LogP contribution in [-0.2, 0) is 16.4 Å². The molecule has 0 fully saturated rings. The summed E-state index contributed by atoms with van der Waals surface area (Å²) in [7, 11) is -0.643. The van der Waals surface area contributed by atoms with Gasteiger partial charge in [-0.05, 0) is 42.7 Å². The van der Waals surface area contributed by atoms with Gasteiger partial charge in [0.1, 0.15) is 0 Å². The minimum atomic E-state index is -3.57. The lowest BCUT2D eigenvalue weighted by Gasteiger charge is -2.16. The number of hydrogen-bond acceptors (Lipinski definition) is 3. The Kier molecular flexibility index (Phi) is 5.98. The van der Waals surface area contributed by atoms with Gasteiger partial charge in [0.15, 0.2) is 0 Å². The van der Waals surface area contributed by atoms with E-state index in [9.17, 15) is 13.2 Å². The molecule has 1 N–H and O–H groups in total. The minimum absolute atomic E-state index is 0.102. The number of aryl methyl sites for hydroxylation is 1. The summed E-state index contributed by atoms with van der Waals surface area (Å²) in [5.74, 6) is -0.303. The second kappa shape index (κ2) is 7.80. The molecule has 2 aromatic carbocycles. The van der Waals surface area contributed by atoms with E-state index in [2.05, 4.69) is 12.2 Å². The number of sulfonamides is 1. The van der Waals surface area contributed by atoms with Crippen LogP contribution in [-0.4, -0.2) is 32.7 Å². The van der Waals surface area contributed by atoms with Crippen LogP contribution < -0.4 is 5.32 Å². The largest absolute Gasteiger partial charge is 0.346 e. The smallest absolute Gasteiger partial charge is 0.251 e. The van der Waals surface area contributed by atoms with Crippen LogP contribution >= 0.6 is 0 Å². The Hall–Kier alpha value is -2.18. The van der Waals surface area contributed by atoms with Crippen LogP contribution in [0.3, 0.4) is 0 Å². The van der Waals surface area contributed by atoms with E-state index in [0.717, 1.165) is 16.3 Å². The Labute approximate surface area is 149 Å². The van der Waals surface area contributed by atoms with E-state index in [0.29, 0.717) is 5.56 Å². The number of amides is 1. The van der Waals surface area contributed by atoms with E-state index in [1.54, 1.807) is 12.1 Å². The Morgan fingerprint density at radius 2 is 1.76 bits per heavy atom. The number of benzene rings is 2.